The maximum absolute atomic E-state index is 10.9. The summed E-state index contributed by atoms with van der Waals surface area (Å²) in [7, 11) is 0. The van der Waals surface area contributed by atoms with Crippen LogP contribution in [0.4, 0.5) is 0 Å². The third kappa shape index (κ3) is 0.388. The number of hydrogen-bond acceptors (Lipinski definition) is 1. The van der Waals surface area contributed by atoms with E-state index in [1.165, 1.54) is 4.90 Å². The van der Waals surface area contributed by atoms with Crippen LogP contribution in [0.15, 0.2) is 0 Å². The number of nitrogens with one attached hydrogen (secondary N) is 1. The molecule has 0 aliphatic carbocycles. The second-order valence-corrected chi connectivity index (χ2v) is 2.74. The summed E-state index contributed by atoms with van der Waals surface area (Å²) in [5, 5.41) is 0. The van der Waals surface area contributed by atoms with Crippen LogP contribution in [0.3, 0.4) is 0 Å². The fourth-order valence-electron chi connectivity index (χ4n) is 1.76. The lowest BCUT2D eigenvalue weighted by molar-refractivity contribution is -0.806. The Balaban J connectivity index is 2.28. The van der Waals surface area contributed by atoms with Crippen molar-refractivity contribution in [1.82, 2.24) is 0 Å². The Hall–Kier alpha value is -0.370. The van der Waals surface area contributed by atoms with E-state index in [2.05, 4.69) is 0 Å². The van der Waals surface area contributed by atoms with Gasteiger partial charge in [-0.05, 0) is 0 Å². The lowest BCUT2D eigenvalue weighted by Crippen LogP contribution is -3.11. The zero-order valence-electron chi connectivity index (χ0n) is 4.81. The SMILES string of the molecule is O=C1C2CC[NH+]1CC2. The molecule has 2 aliphatic heterocycles. The first-order valence-electron chi connectivity index (χ1n) is 3.27. The van der Waals surface area contributed by atoms with Crippen LogP contribution in [0, 0.1) is 5.92 Å². The predicted molar refractivity (Wildman–Crippen MR) is 28.4 cm³/mol. The zero-order chi connectivity index (χ0) is 5.56. The van der Waals surface area contributed by atoms with Crippen LogP contribution in [-0.4, -0.2) is 19.0 Å². The van der Waals surface area contributed by atoms with E-state index in [1.807, 2.05) is 0 Å². The van der Waals surface area contributed by atoms with Gasteiger partial charge >= 0.3 is 5.91 Å². The highest BCUT2D eigenvalue weighted by molar-refractivity contribution is 5.72. The molecule has 0 aromatic carbocycles. The third-order valence-corrected chi connectivity index (χ3v) is 2.31. The molecule has 0 unspecified atom stereocenters. The average molecular weight is 112 g/mol. The fraction of sp³-hybridized carbons (Fsp3) is 0.833. The third-order valence-electron chi connectivity index (χ3n) is 2.31. The van der Waals surface area contributed by atoms with Crippen molar-refractivity contribution in [2.24, 2.45) is 5.92 Å². The van der Waals surface area contributed by atoms with Crippen molar-refractivity contribution in [3.05, 3.63) is 0 Å². The maximum Gasteiger partial charge on any atom is 0.315 e. The minimum absolute atomic E-state index is 0.463. The van der Waals surface area contributed by atoms with Crippen LogP contribution in [0.1, 0.15) is 12.8 Å². The molecule has 2 aliphatic rings. The second kappa shape index (κ2) is 1.32. The summed E-state index contributed by atoms with van der Waals surface area (Å²) in [6.07, 6.45) is 2.32. The van der Waals surface area contributed by atoms with Gasteiger partial charge in [-0.1, -0.05) is 0 Å². The summed E-state index contributed by atoms with van der Waals surface area (Å²) in [6.45, 7) is 2.23. The van der Waals surface area contributed by atoms with Crippen molar-refractivity contribution in [2.75, 3.05) is 13.1 Å². The van der Waals surface area contributed by atoms with Crippen LogP contribution in [0.25, 0.3) is 0 Å². The van der Waals surface area contributed by atoms with Crippen molar-refractivity contribution >= 4 is 5.91 Å². The quantitative estimate of drug-likeness (QED) is 0.418. The van der Waals surface area contributed by atoms with E-state index >= 15 is 0 Å². The molecular weight excluding hydrogens is 102 g/mol. The molecule has 0 spiro atoms. The molecule has 1 N–H and O–H groups in total. The van der Waals surface area contributed by atoms with E-state index in [4.69, 9.17) is 0 Å². The van der Waals surface area contributed by atoms with Crippen molar-refractivity contribution in [3.63, 3.8) is 0 Å². The van der Waals surface area contributed by atoms with Gasteiger partial charge in [-0.2, -0.15) is 0 Å². The van der Waals surface area contributed by atoms with Crippen LogP contribution in [-0.2, 0) is 4.79 Å². The molecule has 2 saturated heterocycles. The predicted octanol–water partition coefficient (Wildman–Crippen LogP) is -1.18. The van der Waals surface area contributed by atoms with E-state index in [1.54, 1.807) is 0 Å². The van der Waals surface area contributed by atoms with Gasteiger partial charge in [0.1, 0.15) is 0 Å². The molecule has 8 heavy (non-hydrogen) atoms. The number of rotatable bonds is 0. The molecule has 0 radical (unpaired) electrons. The lowest BCUT2D eigenvalue weighted by Gasteiger charge is -2.03. The minimum atomic E-state index is 0.463. The molecule has 1 amide bonds. The molecule has 0 aromatic heterocycles. The normalized spacial score (nSPS) is 43.8. The largest absolute Gasteiger partial charge is 0.315 e. The summed E-state index contributed by atoms with van der Waals surface area (Å²) in [6, 6.07) is 0. The first-order chi connectivity index (χ1) is 3.88. The van der Waals surface area contributed by atoms with Crippen molar-refractivity contribution in [2.45, 2.75) is 12.8 Å². The Kier molecular flexibility index (Phi) is 0.742. The highest BCUT2D eigenvalue weighted by Crippen LogP contribution is 2.14. The monoisotopic (exact) mass is 112 g/mol. The highest BCUT2D eigenvalue weighted by Gasteiger charge is 2.43. The smallest absolute Gasteiger partial charge is 0.272 e. The number of piperidine rings is 1. The van der Waals surface area contributed by atoms with Crippen LogP contribution in [0.2, 0.25) is 0 Å². The Morgan fingerprint density at radius 1 is 1.38 bits per heavy atom. The van der Waals surface area contributed by atoms with Crippen molar-refractivity contribution < 1.29 is 9.69 Å². The van der Waals surface area contributed by atoms with Gasteiger partial charge in [-0.15, -0.1) is 0 Å². The Morgan fingerprint density at radius 3 is 2.12 bits per heavy atom. The van der Waals surface area contributed by atoms with Gasteiger partial charge < -0.3 is 0 Å². The van der Waals surface area contributed by atoms with Crippen LogP contribution >= 0.6 is 0 Å². The van der Waals surface area contributed by atoms with Crippen LogP contribution in [0.5, 0.6) is 0 Å². The van der Waals surface area contributed by atoms with Gasteiger partial charge in [-0.3, -0.25) is 4.90 Å². The molecule has 0 atom stereocenters. The van der Waals surface area contributed by atoms with Gasteiger partial charge in [0.2, 0.25) is 0 Å². The van der Waals surface area contributed by atoms with Gasteiger partial charge in [0.15, 0.2) is 0 Å². The standard InChI is InChI=1S/C6H9NO/c8-6-5-1-3-7(6)4-2-5/h5H,1-4H2/p+1. The number of hydrogen-bond donors (Lipinski definition) is 1. The molecule has 2 bridgehead atoms. The number of amides is 1. The van der Waals surface area contributed by atoms with Crippen LogP contribution < -0.4 is 4.90 Å². The molecule has 44 valence electrons. The number of fused-ring (bicyclic) bond motifs is 2. The molecule has 2 nitrogen and oxygen atoms in total. The van der Waals surface area contributed by atoms with Gasteiger partial charge in [0.05, 0.1) is 19.0 Å². The lowest BCUT2D eigenvalue weighted by atomic mass is 10.1. The Morgan fingerprint density at radius 2 is 2.00 bits per heavy atom. The molecule has 0 saturated carbocycles. The van der Waals surface area contributed by atoms with E-state index in [9.17, 15) is 4.79 Å². The molecule has 0 aromatic rings. The van der Waals surface area contributed by atoms with Gasteiger partial charge in [0.25, 0.3) is 0 Å². The fourth-order valence-corrected chi connectivity index (χ4v) is 1.76. The summed E-state index contributed by atoms with van der Waals surface area (Å²) >= 11 is 0. The molecule has 2 heterocycles. The summed E-state index contributed by atoms with van der Waals surface area (Å²) in [5.41, 5.74) is 0. The number of quaternary nitrogens is 1. The van der Waals surface area contributed by atoms with E-state index in [0.717, 1.165) is 25.9 Å². The van der Waals surface area contributed by atoms with Crippen molar-refractivity contribution in [1.29, 1.82) is 0 Å². The number of carbonyl (C=O) groups excluding carboxylic acids is 1. The maximum atomic E-state index is 10.9. The summed E-state index contributed by atoms with van der Waals surface area (Å²) in [5.74, 6) is 0.954. The average Bonchev–Trinajstić information content (AvgIpc) is 2.29. The molecule has 2 heteroatoms. The molecule has 2 rings (SSSR count). The summed E-state index contributed by atoms with van der Waals surface area (Å²) in [4.78, 5) is 12.2. The first kappa shape index (κ1) is 4.50. The first-order valence-corrected chi connectivity index (χ1v) is 3.27. The minimum Gasteiger partial charge on any atom is -0.272 e. The Bertz CT molecular complexity index is 110. The second-order valence-electron chi connectivity index (χ2n) is 2.74. The van der Waals surface area contributed by atoms with E-state index in [0.29, 0.717) is 11.8 Å². The zero-order valence-corrected chi connectivity index (χ0v) is 4.81. The van der Waals surface area contributed by atoms with Gasteiger partial charge in [0, 0.05) is 12.8 Å². The van der Waals surface area contributed by atoms with Gasteiger partial charge in [-0.25, -0.2) is 4.79 Å². The highest BCUT2D eigenvalue weighted by atomic mass is 16.2. The molecular formula is C6H10NO+. The van der Waals surface area contributed by atoms with E-state index in [-0.39, 0.29) is 0 Å². The number of carbonyl (C=O) groups is 1. The Labute approximate surface area is 48.5 Å². The molecule has 2 fully saturated rings. The van der Waals surface area contributed by atoms with E-state index < -0.39 is 0 Å². The topological polar surface area (TPSA) is 21.5 Å². The van der Waals surface area contributed by atoms with Crippen molar-refractivity contribution in [3.8, 4) is 0 Å². The summed E-state index contributed by atoms with van der Waals surface area (Å²) < 4.78 is 0.